The molecule has 8 rings (SSSR count). The third-order valence-corrected chi connectivity index (χ3v) is 10.8. The quantitative estimate of drug-likeness (QED) is 0.256. The number of nitrogens with zero attached hydrogens (tertiary/aromatic N) is 4. The summed E-state index contributed by atoms with van der Waals surface area (Å²) in [5.74, 6) is 1.49. The van der Waals surface area contributed by atoms with Crippen LogP contribution in [0.25, 0.3) is 32.9 Å². The number of hydrogen-bond donors (Lipinski definition) is 2. The van der Waals surface area contributed by atoms with E-state index in [0.29, 0.717) is 58.3 Å². The van der Waals surface area contributed by atoms with Crippen LogP contribution >= 0.6 is 27.5 Å². The van der Waals surface area contributed by atoms with Gasteiger partial charge in [0.1, 0.15) is 24.3 Å². The Kier molecular flexibility index (Phi) is 6.52. The number of alkyl halides is 1. The molecule has 4 atom stereocenters. The molecule has 0 radical (unpaired) electrons. The second kappa shape index (κ2) is 10.2. The number of phenolic OH excluding ortho intramolecular Hbond substituents is 1. The molecule has 4 aliphatic rings. The van der Waals surface area contributed by atoms with Gasteiger partial charge in [-0.25, -0.2) is 14.4 Å². The Morgan fingerprint density at radius 2 is 1.95 bits per heavy atom. The number of aromatic nitrogens is 2. The van der Waals surface area contributed by atoms with Crippen molar-refractivity contribution in [3.63, 3.8) is 0 Å². The molecule has 42 heavy (non-hydrogen) atoms. The van der Waals surface area contributed by atoms with Crippen LogP contribution in [0.5, 0.6) is 11.6 Å². The van der Waals surface area contributed by atoms with Gasteiger partial charge in [0.25, 0.3) is 0 Å². The van der Waals surface area contributed by atoms with Crippen LogP contribution in [0.1, 0.15) is 32.1 Å². The second-order valence-electron chi connectivity index (χ2n) is 12.4. The maximum atomic E-state index is 14.5. The van der Waals surface area contributed by atoms with Crippen molar-refractivity contribution in [3.05, 3.63) is 52.0 Å². The molecule has 0 aliphatic carbocycles. The molecule has 2 N–H and O–H groups in total. The molecule has 2 aromatic carbocycles. The van der Waals surface area contributed by atoms with E-state index in [1.54, 1.807) is 12.1 Å². The summed E-state index contributed by atoms with van der Waals surface area (Å²) in [5, 5.41) is 17.4. The Bertz CT molecular complexity index is 1710. The standard InChI is InChI=1S/C32H32BrClFN5O2/c33-28-29-23(7-8-26(37-29)39-15-20-5-6-21(16-39)36-20)31(42-17-32-9-2-10-40(32)14-19(35)13-32)38-30(28)24-12-22(41)11-18-3-1-4-25(34)27(18)24/h1,3-4,7-8,11-12,19-21,36,41H,2,5-6,9-10,13-17H2/t19-,20?,21?,32+/m1/s1. The van der Waals surface area contributed by atoms with Gasteiger partial charge in [-0.3, -0.25) is 4.90 Å². The van der Waals surface area contributed by atoms with Crippen molar-refractivity contribution in [3.8, 4) is 22.9 Å². The maximum absolute atomic E-state index is 14.5. The van der Waals surface area contributed by atoms with Crippen LogP contribution in [-0.2, 0) is 0 Å². The van der Waals surface area contributed by atoms with Gasteiger partial charge in [0, 0.05) is 54.1 Å². The Labute approximate surface area is 257 Å². The molecule has 7 nitrogen and oxygen atoms in total. The fraction of sp³-hybridized carbons (Fsp3) is 0.438. The fourth-order valence-corrected chi connectivity index (χ4v) is 8.65. The monoisotopic (exact) mass is 651 g/mol. The molecular weight excluding hydrogens is 621 g/mol. The van der Waals surface area contributed by atoms with Crippen LogP contribution in [-0.4, -0.2) is 76.6 Å². The first-order valence-corrected chi connectivity index (χ1v) is 16.0. The number of fused-ring (bicyclic) bond motifs is 5. The van der Waals surface area contributed by atoms with E-state index >= 15 is 0 Å². The first-order chi connectivity index (χ1) is 20.4. The topological polar surface area (TPSA) is 73.8 Å². The molecule has 2 aromatic heterocycles. The first kappa shape index (κ1) is 26.9. The van der Waals surface area contributed by atoms with Crippen molar-refractivity contribution in [2.24, 2.45) is 0 Å². The number of aromatic hydroxyl groups is 1. The van der Waals surface area contributed by atoms with Crippen LogP contribution in [0.4, 0.5) is 10.2 Å². The summed E-state index contributed by atoms with van der Waals surface area (Å²) in [4.78, 5) is 14.9. The number of rotatable bonds is 5. The molecule has 4 aliphatic heterocycles. The zero-order chi connectivity index (χ0) is 28.6. The Morgan fingerprint density at radius 3 is 2.79 bits per heavy atom. The molecule has 6 heterocycles. The molecule has 10 heteroatoms. The number of piperazine rings is 1. The minimum atomic E-state index is -0.835. The van der Waals surface area contributed by atoms with Crippen LogP contribution in [0.3, 0.4) is 0 Å². The number of pyridine rings is 2. The highest BCUT2D eigenvalue weighted by Gasteiger charge is 2.49. The molecule has 0 saturated carbocycles. The Hall–Kier alpha value is -2.72. The largest absolute Gasteiger partial charge is 0.508 e. The highest BCUT2D eigenvalue weighted by atomic mass is 79.9. The maximum Gasteiger partial charge on any atom is 0.223 e. The molecule has 2 bridgehead atoms. The number of benzene rings is 2. The van der Waals surface area contributed by atoms with Gasteiger partial charge in [0.2, 0.25) is 5.88 Å². The van der Waals surface area contributed by atoms with E-state index in [4.69, 9.17) is 26.3 Å². The van der Waals surface area contributed by atoms with Crippen LogP contribution in [0, 0.1) is 0 Å². The van der Waals surface area contributed by atoms with Gasteiger partial charge < -0.3 is 20.1 Å². The van der Waals surface area contributed by atoms with E-state index < -0.39 is 6.17 Å². The average molecular weight is 653 g/mol. The lowest BCUT2D eigenvalue weighted by Crippen LogP contribution is -2.51. The number of phenols is 1. The summed E-state index contributed by atoms with van der Waals surface area (Å²) in [6.45, 7) is 3.57. The number of anilines is 1. The van der Waals surface area contributed by atoms with Crippen molar-refractivity contribution in [2.75, 3.05) is 37.7 Å². The van der Waals surface area contributed by atoms with E-state index in [1.165, 1.54) is 12.8 Å². The summed E-state index contributed by atoms with van der Waals surface area (Å²) in [5.41, 5.74) is 1.70. The molecule has 218 valence electrons. The van der Waals surface area contributed by atoms with Crippen molar-refractivity contribution >= 4 is 55.0 Å². The second-order valence-corrected chi connectivity index (χ2v) is 13.6. The van der Waals surface area contributed by atoms with E-state index in [0.717, 1.165) is 60.0 Å². The zero-order valence-corrected chi connectivity index (χ0v) is 25.5. The van der Waals surface area contributed by atoms with Crippen molar-refractivity contribution in [1.82, 2.24) is 20.2 Å². The molecule has 0 amide bonds. The number of nitrogens with one attached hydrogen (secondary N) is 1. The summed E-state index contributed by atoms with van der Waals surface area (Å²) in [7, 11) is 0. The van der Waals surface area contributed by atoms with Gasteiger partial charge in [0.05, 0.1) is 26.6 Å². The van der Waals surface area contributed by atoms with Gasteiger partial charge in [-0.05, 0) is 83.9 Å². The van der Waals surface area contributed by atoms with Gasteiger partial charge in [0.15, 0.2) is 0 Å². The number of ether oxygens (including phenoxy) is 1. The highest BCUT2D eigenvalue weighted by molar-refractivity contribution is 9.10. The SMILES string of the molecule is Oc1cc(-c2nc(OC[C@@]34CCCN3C[C@H](F)C4)c3ccc(N4CC5CCC(C4)N5)nc3c2Br)c2c(Cl)cccc2c1. The predicted molar refractivity (Wildman–Crippen MR) is 168 cm³/mol. The van der Waals surface area contributed by atoms with Crippen LogP contribution in [0.15, 0.2) is 46.9 Å². The Morgan fingerprint density at radius 1 is 1.12 bits per heavy atom. The summed E-state index contributed by atoms with van der Waals surface area (Å²) in [6, 6.07) is 14.1. The third kappa shape index (κ3) is 4.43. The normalized spacial score (nSPS) is 27.3. The molecule has 2 unspecified atom stereocenters. The van der Waals surface area contributed by atoms with Crippen molar-refractivity contribution in [2.45, 2.75) is 55.9 Å². The summed E-state index contributed by atoms with van der Waals surface area (Å²) < 4.78 is 21.8. The van der Waals surface area contributed by atoms with Crippen LogP contribution in [0.2, 0.25) is 5.02 Å². The summed E-state index contributed by atoms with van der Waals surface area (Å²) in [6.07, 6.45) is 3.98. The molecule has 4 saturated heterocycles. The smallest absolute Gasteiger partial charge is 0.223 e. The molecular formula is C32H32BrClFN5O2. The van der Waals surface area contributed by atoms with Gasteiger partial charge in [-0.1, -0.05) is 23.7 Å². The number of hydrogen-bond acceptors (Lipinski definition) is 7. The first-order valence-electron chi connectivity index (χ1n) is 14.8. The lowest BCUT2D eigenvalue weighted by molar-refractivity contribution is 0.112. The fourth-order valence-electron chi connectivity index (χ4n) is 7.76. The minimum absolute atomic E-state index is 0.120. The molecule has 0 spiro atoms. The predicted octanol–water partition coefficient (Wildman–Crippen LogP) is 6.47. The number of halogens is 3. The minimum Gasteiger partial charge on any atom is -0.508 e. The van der Waals surface area contributed by atoms with Crippen molar-refractivity contribution in [1.29, 1.82) is 0 Å². The summed E-state index contributed by atoms with van der Waals surface area (Å²) >= 11 is 10.6. The van der Waals surface area contributed by atoms with E-state index in [2.05, 4.69) is 37.1 Å². The molecule has 4 aromatic rings. The third-order valence-electron chi connectivity index (χ3n) is 9.69. The van der Waals surface area contributed by atoms with Crippen LogP contribution < -0.4 is 15.0 Å². The highest BCUT2D eigenvalue weighted by Crippen LogP contribution is 2.45. The average Bonchev–Trinajstić information content (AvgIpc) is 3.62. The van der Waals surface area contributed by atoms with E-state index in [-0.39, 0.29) is 11.3 Å². The molecule has 4 fully saturated rings. The van der Waals surface area contributed by atoms with Gasteiger partial charge in [-0.15, -0.1) is 0 Å². The zero-order valence-electron chi connectivity index (χ0n) is 23.1. The van der Waals surface area contributed by atoms with Gasteiger partial charge >= 0.3 is 0 Å². The Balaban J connectivity index is 1.28. The lowest BCUT2D eigenvalue weighted by atomic mass is 9.95. The van der Waals surface area contributed by atoms with E-state index in [9.17, 15) is 9.50 Å². The van der Waals surface area contributed by atoms with Crippen molar-refractivity contribution < 1.29 is 14.2 Å². The lowest BCUT2D eigenvalue weighted by Gasteiger charge is -2.34. The van der Waals surface area contributed by atoms with E-state index in [1.807, 2.05) is 24.3 Å². The van der Waals surface area contributed by atoms with Gasteiger partial charge in [-0.2, -0.15) is 0 Å².